The van der Waals surface area contributed by atoms with Crippen molar-refractivity contribution in [3.8, 4) is 0 Å². The number of hydrogen-bond acceptors (Lipinski definition) is 3. The van der Waals surface area contributed by atoms with Gasteiger partial charge in [-0.05, 0) is 30.9 Å². The highest BCUT2D eigenvalue weighted by molar-refractivity contribution is 5.87. The monoisotopic (exact) mass is 340 g/mol. The summed E-state index contributed by atoms with van der Waals surface area (Å²) in [5.41, 5.74) is 3.85. The molecule has 3 aliphatic rings. The van der Waals surface area contributed by atoms with Gasteiger partial charge in [-0.25, -0.2) is 0 Å². The van der Waals surface area contributed by atoms with E-state index in [9.17, 15) is 4.79 Å². The fourth-order valence-electron chi connectivity index (χ4n) is 4.69. The Morgan fingerprint density at radius 2 is 1.92 bits per heavy atom. The van der Waals surface area contributed by atoms with E-state index >= 15 is 0 Å². The second kappa shape index (κ2) is 5.85. The van der Waals surface area contributed by atoms with Crippen molar-refractivity contribution in [1.82, 2.24) is 9.88 Å². The van der Waals surface area contributed by atoms with Gasteiger partial charge in [-0.15, -0.1) is 0 Å². The summed E-state index contributed by atoms with van der Waals surface area (Å²) in [5, 5.41) is 1.28. The lowest BCUT2D eigenvalue weighted by molar-refractivity contribution is -0.188. The van der Waals surface area contributed by atoms with Crippen molar-refractivity contribution in [2.45, 2.75) is 37.9 Å². The summed E-state index contributed by atoms with van der Waals surface area (Å²) in [6, 6.07) is 8.42. The highest BCUT2D eigenvalue weighted by Crippen LogP contribution is 2.35. The van der Waals surface area contributed by atoms with Crippen molar-refractivity contribution in [2.24, 2.45) is 5.92 Å². The first-order valence-corrected chi connectivity index (χ1v) is 9.39. The molecule has 2 aromatic rings. The molecule has 2 aliphatic heterocycles. The molecule has 0 radical (unpaired) electrons. The van der Waals surface area contributed by atoms with E-state index in [1.54, 1.807) is 0 Å². The standard InChI is InChI=1S/C20H24N2O3/c23-19(22-9-7-20(8-10-22)24-11-12-25-20)14-5-6-18-16(13-14)15-3-1-2-4-17(15)21-18/h1-4,14,21H,5-13H2. The lowest BCUT2D eigenvalue weighted by atomic mass is 9.85. The molecule has 1 unspecified atom stereocenters. The van der Waals surface area contributed by atoms with Crippen LogP contribution < -0.4 is 0 Å². The maximum Gasteiger partial charge on any atom is 0.226 e. The average Bonchev–Trinajstić information content (AvgIpc) is 3.26. The Balaban J connectivity index is 1.30. The summed E-state index contributed by atoms with van der Waals surface area (Å²) < 4.78 is 11.5. The van der Waals surface area contributed by atoms with Crippen LogP contribution in [-0.2, 0) is 27.1 Å². The van der Waals surface area contributed by atoms with Crippen LogP contribution >= 0.6 is 0 Å². The molecule has 5 rings (SSSR count). The minimum absolute atomic E-state index is 0.103. The first kappa shape index (κ1) is 15.4. The lowest BCUT2D eigenvalue weighted by Gasteiger charge is -2.39. The van der Waals surface area contributed by atoms with Crippen LogP contribution in [0.25, 0.3) is 10.9 Å². The van der Waals surface area contributed by atoms with Gasteiger partial charge < -0.3 is 19.4 Å². The van der Waals surface area contributed by atoms with E-state index < -0.39 is 5.79 Å². The van der Waals surface area contributed by atoms with E-state index in [1.165, 1.54) is 22.2 Å². The van der Waals surface area contributed by atoms with Crippen LogP contribution in [0, 0.1) is 5.92 Å². The van der Waals surface area contributed by atoms with Crippen molar-refractivity contribution in [3.05, 3.63) is 35.5 Å². The second-order valence-corrected chi connectivity index (χ2v) is 7.50. The van der Waals surface area contributed by atoms with E-state index in [1.807, 2.05) is 4.90 Å². The van der Waals surface area contributed by atoms with Crippen LogP contribution in [0.1, 0.15) is 30.5 Å². The molecular weight excluding hydrogens is 316 g/mol. The number of aromatic nitrogens is 1. The van der Waals surface area contributed by atoms with Crippen LogP contribution in [0.15, 0.2) is 24.3 Å². The molecule has 25 heavy (non-hydrogen) atoms. The van der Waals surface area contributed by atoms with Crippen molar-refractivity contribution < 1.29 is 14.3 Å². The number of aryl methyl sites for hydroxylation is 1. The van der Waals surface area contributed by atoms with Crippen LogP contribution in [0.4, 0.5) is 0 Å². The maximum absolute atomic E-state index is 13.1. The van der Waals surface area contributed by atoms with Gasteiger partial charge >= 0.3 is 0 Å². The van der Waals surface area contributed by atoms with E-state index in [0.29, 0.717) is 19.1 Å². The lowest BCUT2D eigenvalue weighted by Crippen LogP contribution is -2.49. The molecule has 1 amide bonds. The molecule has 5 heteroatoms. The van der Waals surface area contributed by atoms with Gasteiger partial charge in [0.1, 0.15) is 0 Å². The first-order chi connectivity index (χ1) is 12.2. The molecule has 3 heterocycles. The van der Waals surface area contributed by atoms with Crippen LogP contribution in [0.5, 0.6) is 0 Å². The number of amides is 1. The van der Waals surface area contributed by atoms with Crippen LogP contribution in [0.3, 0.4) is 0 Å². The fraction of sp³-hybridized carbons (Fsp3) is 0.550. The number of fused-ring (bicyclic) bond motifs is 3. The summed E-state index contributed by atoms with van der Waals surface area (Å²) in [6.07, 6.45) is 4.35. The number of piperidine rings is 1. The number of aromatic amines is 1. The number of rotatable bonds is 1. The number of para-hydroxylation sites is 1. The Bertz CT molecular complexity index is 796. The van der Waals surface area contributed by atoms with Gasteiger partial charge in [-0.2, -0.15) is 0 Å². The van der Waals surface area contributed by atoms with E-state index in [-0.39, 0.29) is 5.92 Å². The SMILES string of the molecule is O=C(C1CCc2[nH]c3ccccc3c2C1)N1CCC2(CC1)OCCO2. The Hall–Kier alpha value is -1.85. The Labute approximate surface area is 147 Å². The Morgan fingerprint density at radius 1 is 1.16 bits per heavy atom. The maximum atomic E-state index is 13.1. The molecule has 5 nitrogen and oxygen atoms in total. The largest absolute Gasteiger partial charge is 0.358 e. The number of hydrogen-bond donors (Lipinski definition) is 1. The third-order valence-electron chi connectivity index (χ3n) is 6.10. The molecule has 1 atom stereocenters. The third kappa shape index (κ3) is 2.57. The Kier molecular flexibility index (Phi) is 3.61. The molecule has 1 aromatic carbocycles. The summed E-state index contributed by atoms with van der Waals surface area (Å²) >= 11 is 0. The van der Waals surface area contributed by atoms with Gasteiger partial charge in [0.25, 0.3) is 0 Å². The second-order valence-electron chi connectivity index (χ2n) is 7.50. The average molecular weight is 340 g/mol. The normalized spacial score (nSPS) is 25.4. The molecule has 1 N–H and O–H groups in total. The number of ether oxygens (including phenoxy) is 2. The number of benzene rings is 1. The van der Waals surface area contributed by atoms with Gasteiger partial charge in [0.15, 0.2) is 5.79 Å². The zero-order valence-corrected chi connectivity index (χ0v) is 14.4. The van der Waals surface area contributed by atoms with Crippen molar-refractivity contribution >= 4 is 16.8 Å². The Morgan fingerprint density at radius 3 is 2.72 bits per heavy atom. The van der Waals surface area contributed by atoms with Gasteiger partial charge in [0, 0.05) is 48.4 Å². The summed E-state index contributed by atoms with van der Waals surface area (Å²) in [5.74, 6) is 0.00262. The molecule has 0 bridgehead atoms. The minimum Gasteiger partial charge on any atom is -0.358 e. The van der Waals surface area contributed by atoms with Gasteiger partial charge in [-0.1, -0.05) is 18.2 Å². The molecule has 1 aliphatic carbocycles. The number of nitrogens with zero attached hydrogens (tertiary/aromatic N) is 1. The van der Waals surface area contributed by atoms with Crippen LogP contribution in [-0.4, -0.2) is 47.9 Å². The molecule has 132 valence electrons. The summed E-state index contributed by atoms with van der Waals surface area (Å²) in [6.45, 7) is 2.85. The predicted octanol–water partition coefficient (Wildman–Crippen LogP) is 2.64. The van der Waals surface area contributed by atoms with Gasteiger partial charge in [0.2, 0.25) is 5.91 Å². The summed E-state index contributed by atoms with van der Waals surface area (Å²) in [4.78, 5) is 18.6. The zero-order chi connectivity index (χ0) is 16.9. The topological polar surface area (TPSA) is 54.6 Å². The quantitative estimate of drug-likeness (QED) is 0.868. The van der Waals surface area contributed by atoms with Crippen molar-refractivity contribution in [2.75, 3.05) is 26.3 Å². The smallest absolute Gasteiger partial charge is 0.226 e. The molecule has 2 fully saturated rings. The molecule has 1 spiro atoms. The van der Waals surface area contributed by atoms with E-state index in [4.69, 9.17) is 9.47 Å². The molecule has 1 aromatic heterocycles. The van der Waals surface area contributed by atoms with Gasteiger partial charge in [0.05, 0.1) is 13.2 Å². The predicted molar refractivity (Wildman–Crippen MR) is 94.3 cm³/mol. The van der Waals surface area contributed by atoms with E-state index in [2.05, 4.69) is 29.2 Å². The van der Waals surface area contributed by atoms with Gasteiger partial charge in [-0.3, -0.25) is 4.79 Å². The molecule has 0 saturated carbocycles. The highest BCUT2D eigenvalue weighted by Gasteiger charge is 2.42. The number of carbonyl (C=O) groups is 1. The minimum atomic E-state index is -0.409. The third-order valence-corrected chi connectivity index (χ3v) is 6.10. The first-order valence-electron chi connectivity index (χ1n) is 9.39. The number of H-pyrrole nitrogens is 1. The fourth-order valence-corrected chi connectivity index (χ4v) is 4.69. The number of carbonyl (C=O) groups excluding carboxylic acids is 1. The molecule has 2 saturated heterocycles. The van der Waals surface area contributed by atoms with Crippen molar-refractivity contribution in [1.29, 1.82) is 0 Å². The number of nitrogens with one attached hydrogen (secondary N) is 1. The highest BCUT2D eigenvalue weighted by atomic mass is 16.7. The van der Waals surface area contributed by atoms with Crippen LogP contribution in [0.2, 0.25) is 0 Å². The number of likely N-dealkylation sites (tertiary alicyclic amines) is 1. The zero-order valence-electron chi connectivity index (χ0n) is 14.4. The van der Waals surface area contributed by atoms with E-state index in [0.717, 1.165) is 45.2 Å². The molecular formula is C20H24N2O3. The van der Waals surface area contributed by atoms with Crippen molar-refractivity contribution in [3.63, 3.8) is 0 Å². The summed E-state index contributed by atoms with van der Waals surface area (Å²) in [7, 11) is 0.